The molecule has 1 atom stereocenters. The zero-order valence-electron chi connectivity index (χ0n) is 17.5. The fourth-order valence-electron chi connectivity index (χ4n) is 3.87. The van der Waals surface area contributed by atoms with Crippen LogP contribution < -0.4 is 5.32 Å². The fraction of sp³-hybridized carbons (Fsp3) is 0.417. The summed E-state index contributed by atoms with van der Waals surface area (Å²) in [6, 6.07) is 11.9. The molecule has 0 bridgehead atoms. The number of halogens is 3. The number of hydrogen-bond acceptors (Lipinski definition) is 2. The highest BCUT2D eigenvalue weighted by Gasteiger charge is 2.28. The van der Waals surface area contributed by atoms with Gasteiger partial charge in [0.15, 0.2) is 0 Å². The van der Waals surface area contributed by atoms with Crippen molar-refractivity contribution in [1.82, 2.24) is 10.2 Å². The second kappa shape index (κ2) is 11.2. The Kier molecular flexibility index (Phi) is 8.65. The van der Waals surface area contributed by atoms with Crippen molar-refractivity contribution in [1.29, 1.82) is 0 Å². The predicted octanol–water partition coefficient (Wildman–Crippen LogP) is 6.06. The summed E-state index contributed by atoms with van der Waals surface area (Å²) >= 11 is 18.3. The monoisotopic (exact) mass is 480 g/mol. The first-order valence-electron chi connectivity index (χ1n) is 10.6. The van der Waals surface area contributed by atoms with Crippen LogP contribution in [-0.2, 0) is 22.6 Å². The van der Waals surface area contributed by atoms with Gasteiger partial charge in [-0.2, -0.15) is 0 Å². The highest BCUT2D eigenvalue weighted by Crippen LogP contribution is 2.23. The molecule has 1 N–H and O–H groups in total. The smallest absolute Gasteiger partial charge is 0.242 e. The summed E-state index contributed by atoms with van der Waals surface area (Å²) in [6.07, 6.45) is 5.53. The van der Waals surface area contributed by atoms with E-state index in [1.807, 2.05) is 12.1 Å². The van der Waals surface area contributed by atoms with Crippen LogP contribution in [0.1, 0.15) is 50.2 Å². The van der Waals surface area contributed by atoms with Crippen LogP contribution >= 0.6 is 34.8 Å². The van der Waals surface area contributed by atoms with Crippen LogP contribution in [0.15, 0.2) is 42.5 Å². The second-order valence-corrected chi connectivity index (χ2v) is 9.36. The van der Waals surface area contributed by atoms with Crippen molar-refractivity contribution in [3.8, 4) is 0 Å². The van der Waals surface area contributed by atoms with Gasteiger partial charge in [-0.05, 0) is 55.2 Å². The standard InChI is InChI=1S/C24H27Cl3N2O2/c1-16(24(31)28-21-5-3-2-4-6-21)29(15-17-7-10-19(25)11-8-17)23(30)13-18-9-12-20(26)14-22(18)27/h7-12,14,16,21H,2-6,13,15H2,1H3,(H,28,31)/t16-/m0/s1. The molecule has 31 heavy (non-hydrogen) atoms. The Morgan fingerprint density at radius 1 is 1.00 bits per heavy atom. The molecule has 2 amide bonds. The first-order chi connectivity index (χ1) is 14.8. The minimum atomic E-state index is -0.615. The summed E-state index contributed by atoms with van der Waals surface area (Å²) in [5.41, 5.74) is 1.58. The van der Waals surface area contributed by atoms with E-state index in [4.69, 9.17) is 34.8 Å². The lowest BCUT2D eigenvalue weighted by Crippen LogP contribution is -2.50. The highest BCUT2D eigenvalue weighted by atomic mass is 35.5. The predicted molar refractivity (Wildman–Crippen MR) is 127 cm³/mol. The molecule has 0 unspecified atom stereocenters. The van der Waals surface area contributed by atoms with Crippen LogP contribution in [0.4, 0.5) is 0 Å². The molecule has 4 nitrogen and oxygen atoms in total. The van der Waals surface area contributed by atoms with Crippen molar-refractivity contribution in [2.24, 2.45) is 0 Å². The Balaban J connectivity index is 1.77. The molecule has 0 saturated heterocycles. The summed E-state index contributed by atoms with van der Waals surface area (Å²) in [7, 11) is 0. The Morgan fingerprint density at radius 2 is 1.65 bits per heavy atom. The molecule has 2 aromatic rings. The van der Waals surface area contributed by atoms with Gasteiger partial charge in [-0.15, -0.1) is 0 Å². The molecular formula is C24H27Cl3N2O2. The average Bonchev–Trinajstić information content (AvgIpc) is 2.75. The van der Waals surface area contributed by atoms with Crippen LogP contribution in [0.5, 0.6) is 0 Å². The number of carbonyl (C=O) groups excluding carboxylic acids is 2. The quantitative estimate of drug-likeness (QED) is 0.523. The molecule has 0 radical (unpaired) electrons. The normalized spacial score (nSPS) is 15.4. The summed E-state index contributed by atoms with van der Waals surface area (Å²) < 4.78 is 0. The first kappa shape index (κ1) is 23.9. The van der Waals surface area contributed by atoms with Gasteiger partial charge in [-0.3, -0.25) is 9.59 Å². The minimum Gasteiger partial charge on any atom is -0.352 e. The summed E-state index contributed by atoms with van der Waals surface area (Å²) in [4.78, 5) is 27.9. The summed E-state index contributed by atoms with van der Waals surface area (Å²) in [6.45, 7) is 2.08. The molecule has 1 aliphatic carbocycles. The van der Waals surface area contributed by atoms with E-state index < -0.39 is 6.04 Å². The third-order valence-corrected chi connectivity index (χ3v) is 6.58. The van der Waals surface area contributed by atoms with Gasteiger partial charge in [0.1, 0.15) is 6.04 Å². The number of nitrogens with zero attached hydrogens (tertiary/aromatic N) is 1. The van der Waals surface area contributed by atoms with E-state index >= 15 is 0 Å². The molecule has 3 rings (SSSR count). The molecular weight excluding hydrogens is 455 g/mol. The van der Waals surface area contributed by atoms with E-state index in [0.717, 1.165) is 31.2 Å². The van der Waals surface area contributed by atoms with Gasteiger partial charge >= 0.3 is 0 Å². The third-order valence-electron chi connectivity index (χ3n) is 5.74. The van der Waals surface area contributed by atoms with E-state index in [9.17, 15) is 9.59 Å². The van der Waals surface area contributed by atoms with Gasteiger partial charge in [-0.1, -0.05) is 72.3 Å². The van der Waals surface area contributed by atoms with E-state index in [2.05, 4.69) is 5.32 Å². The highest BCUT2D eigenvalue weighted by molar-refractivity contribution is 6.35. The Bertz CT molecular complexity index is 912. The molecule has 7 heteroatoms. The number of benzene rings is 2. The maximum Gasteiger partial charge on any atom is 0.242 e. The Morgan fingerprint density at radius 3 is 2.29 bits per heavy atom. The van der Waals surface area contributed by atoms with E-state index in [1.165, 1.54) is 6.42 Å². The average molecular weight is 482 g/mol. The molecule has 0 spiro atoms. The van der Waals surface area contributed by atoms with Crippen LogP contribution in [0.2, 0.25) is 15.1 Å². The molecule has 2 aromatic carbocycles. The second-order valence-electron chi connectivity index (χ2n) is 8.08. The van der Waals surface area contributed by atoms with Crippen molar-refractivity contribution in [2.75, 3.05) is 0 Å². The topological polar surface area (TPSA) is 49.4 Å². The zero-order valence-corrected chi connectivity index (χ0v) is 19.8. The lowest BCUT2D eigenvalue weighted by molar-refractivity contribution is -0.140. The van der Waals surface area contributed by atoms with Crippen molar-refractivity contribution in [3.63, 3.8) is 0 Å². The molecule has 0 aromatic heterocycles. The minimum absolute atomic E-state index is 0.0879. The number of hydrogen-bond donors (Lipinski definition) is 1. The van der Waals surface area contributed by atoms with Gasteiger partial charge in [0, 0.05) is 27.7 Å². The summed E-state index contributed by atoms with van der Waals surface area (Å²) in [5, 5.41) is 4.71. The first-order valence-corrected chi connectivity index (χ1v) is 11.7. The maximum atomic E-state index is 13.3. The Hall–Kier alpha value is -1.75. The van der Waals surface area contributed by atoms with Crippen molar-refractivity contribution < 1.29 is 9.59 Å². The van der Waals surface area contributed by atoms with Crippen LogP contribution in [-0.4, -0.2) is 28.8 Å². The van der Waals surface area contributed by atoms with Crippen molar-refractivity contribution in [3.05, 3.63) is 68.7 Å². The van der Waals surface area contributed by atoms with Crippen molar-refractivity contribution in [2.45, 2.75) is 64.1 Å². The summed E-state index contributed by atoms with van der Waals surface area (Å²) in [5.74, 6) is -0.304. The Labute approximate surface area is 198 Å². The SMILES string of the molecule is C[C@@H](C(=O)NC1CCCCC1)N(Cc1ccc(Cl)cc1)C(=O)Cc1ccc(Cl)cc1Cl. The molecule has 0 aliphatic heterocycles. The number of carbonyl (C=O) groups is 2. The van der Waals surface area contributed by atoms with Crippen LogP contribution in [0.25, 0.3) is 0 Å². The molecule has 0 heterocycles. The van der Waals surface area contributed by atoms with E-state index in [0.29, 0.717) is 27.2 Å². The van der Waals surface area contributed by atoms with Gasteiger partial charge in [0.05, 0.1) is 6.42 Å². The van der Waals surface area contributed by atoms with E-state index in [1.54, 1.807) is 42.2 Å². The van der Waals surface area contributed by atoms with Crippen LogP contribution in [0.3, 0.4) is 0 Å². The van der Waals surface area contributed by atoms with Gasteiger partial charge in [0.25, 0.3) is 0 Å². The molecule has 1 saturated carbocycles. The largest absolute Gasteiger partial charge is 0.352 e. The van der Waals surface area contributed by atoms with Crippen molar-refractivity contribution >= 4 is 46.6 Å². The molecule has 1 aliphatic rings. The lowest BCUT2D eigenvalue weighted by Gasteiger charge is -2.31. The number of rotatable bonds is 7. The van der Waals surface area contributed by atoms with Gasteiger partial charge in [-0.25, -0.2) is 0 Å². The number of amides is 2. The number of nitrogens with one attached hydrogen (secondary N) is 1. The molecule has 1 fully saturated rings. The van der Waals surface area contributed by atoms with Gasteiger partial charge in [0.2, 0.25) is 11.8 Å². The zero-order chi connectivity index (χ0) is 22.4. The molecule has 166 valence electrons. The fourth-order valence-corrected chi connectivity index (χ4v) is 4.47. The lowest BCUT2D eigenvalue weighted by atomic mass is 9.95. The maximum absolute atomic E-state index is 13.3. The van der Waals surface area contributed by atoms with Crippen LogP contribution in [0, 0.1) is 0 Å². The third kappa shape index (κ3) is 6.86. The van der Waals surface area contributed by atoms with Gasteiger partial charge < -0.3 is 10.2 Å². The van der Waals surface area contributed by atoms with E-state index in [-0.39, 0.29) is 24.3 Å².